The molecule has 1 aliphatic heterocycles. The fourth-order valence-corrected chi connectivity index (χ4v) is 3.84. The maximum atomic E-state index is 6.17. The highest BCUT2D eigenvalue weighted by Gasteiger charge is 2.36. The van der Waals surface area contributed by atoms with E-state index in [0.717, 1.165) is 26.1 Å². The summed E-state index contributed by atoms with van der Waals surface area (Å²) in [6, 6.07) is 0.147. The summed E-state index contributed by atoms with van der Waals surface area (Å²) in [6.07, 6.45) is 6.70. The summed E-state index contributed by atoms with van der Waals surface area (Å²) in [7, 11) is 1.77. The summed E-state index contributed by atoms with van der Waals surface area (Å²) in [4.78, 5) is 6.76. The zero-order valence-electron chi connectivity index (χ0n) is 14.5. The first-order valence-corrected chi connectivity index (χ1v) is 8.86. The maximum absolute atomic E-state index is 6.17. The molecule has 0 aromatic carbocycles. The molecule has 0 spiro atoms. The van der Waals surface area contributed by atoms with E-state index in [1.807, 2.05) is 6.92 Å². The van der Waals surface area contributed by atoms with Gasteiger partial charge in [-0.25, -0.2) is 0 Å². The molecule has 2 heterocycles. The number of ether oxygens (including phenoxy) is 2. The Morgan fingerprint density at radius 2 is 2.13 bits per heavy atom. The molecule has 2 fully saturated rings. The van der Waals surface area contributed by atoms with Gasteiger partial charge in [0, 0.05) is 20.2 Å². The Morgan fingerprint density at radius 1 is 1.30 bits per heavy atom. The second-order valence-corrected chi connectivity index (χ2v) is 6.95. The summed E-state index contributed by atoms with van der Waals surface area (Å²) in [5.74, 6) is 2.07. The molecule has 1 aromatic heterocycles. The summed E-state index contributed by atoms with van der Waals surface area (Å²) in [5.41, 5.74) is 0. The molecule has 2 aliphatic rings. The Bertz CT molecular complexity index is 493. The molecule has 3 rings (SSSR count). The number of rotatable bonds is 6. The number of aryl methyl sites for hydroxylation is 1. The summed E-state index contributed by atoms with van der Waals surface area (Å²) in [6.45, 7) is 6.70. The molecular formula is C17H29N3O3. The van der Waals surface area contributed by atoms with Crippen LogP contribution in [0.25, 0.3) is 0 Å². The van der Waals surface area contributed by atoms with Crippen molar-refractivity contribution in [2.45, 2.75) is 64.2 Å². The van der Waals surface area contributed by atoms with Crippen LogP contribution < -0.4 is 0 Å². The maximum Gasteiger partial charge on any atom is 0.244 e. The Labute approximate surface area is 138 Å². The van der Waals surface area contributed by atoms with Gasteiger partial charge in [-0.2, -0.15) is 4.98 Å². The Kier molecular flexibility index (Phi) is 5.67. The highest BCUT2D eigenvalue weighted by molar-refractivity contribution is 4.98. The summed E-state index contributed by atoms with van der Waals surface area (Å²) < 4.78 is 17.1. The fraction of sp³-hybridized carbons (Fsp3) is 0.882. The van der Waals surface area contributed by atoms with Crippen LogP contribution in [-0.4, -0.2) is 54.1 Å². The molecule has 6 nitrogen and oxygen atoms in total. The molecule has 0 radical (unpaired) electrons. The minimum atomic E-state index is 0.147. The van der Waals surface area contributed by atoms with Gasteiger partial charge in [-0.05, 0) is 32.1 Å². The standard InChI is InChI=1S/C17H29N3O3/c1-12-6-4-5-7-16(12)22-9-8-20-11-14(21-3)10-15(20)17-18-13(2)19-23-17/h12,14-16H,4-11H2,1-3H3/t12-,14+,15+,16+/m0/s1. The first kappa shape index (κ1) is 16.9. The van der Waals surface area contributed by atoms with Gasteiger partial charge in [0.15, 0.2) is 5.82 Å². The Balaban J connectivity index is 1.54. The molecule has 0 bridgehead atoms. The lowest BCUT2D eigenvalue weighted by atomic mass is 9.88. The molecule has 0 N–H and O–H groups in total. The molecule has 0 amide bonds. The quantitative estimate of drug-likeness (QED) is 0.802. The lowest BCUT2D eigenvalue weighted by Gasteiger charge is -2.30. The predicted octanol–water partition coefficient (Wildman–Crippen LogP) is 2.74. The minimum absolute atomic E-state index is 0.147. The van der Waals surface area contributed by atoms with Crippen molar-refractivity contribution in [3.63, 3.8) is 0 Å². The third-order valence-electron chi connectivity index (χ3n) is 5.27. The van der Waals surface area contributed by atoms with Crippen LogP contribution in [0.15, 0.2) is 4.52 Å². The van der Waals surface area contributed by atoms with Gasteiger partial charge in [-0.1, -0.05) is 24.9 Å². The lowest BCUT2D eigenvalue weighted by molar-refractivity contribution is -0.0168. The summed E-state index contributed by atoms with van der Waals surface area (Å²) in [5, 5.41) is 3.93. The SMILES string of the molecule is CO[C@@H]1C[C@H](c2nc(C)no2)N(CCO[C@@H]2CCCC[C@@H]2C)C1. The van der Waals surface area contributed by atoms with Crippen LogP contribution in [0.5, 0.6) is 0 Å². The van der Waals surface area contributed by atoms with Gasteiger partial charge < -0.3 is 14.0 Å². The topological polar surface area (TPSA) is 60.6 Å². The van der Waals surface area contributed by atoms with Crippen molar-refractivity contribution < 1.29 is 14.0 Å². The molecule has 1 aromatic rings. The van der Waals surface area contributed by atoms with Gasteiger partial charge in [0.1, 0.15) is 0 Å². The Morgan fingerprint density at radius 3 is 2.83 bits per heavy atom. The second-order valence-electron chi connectivity index (χ2n) is 6.95. The monoisotopic (exact) mass is 323 g/mol. The van der Waals surface area contributed by atoms with Crippen LogP contribution in [-0.2, 0) is 9.47 Å². The zero-order chi connectivity index (χ0) is 16.2. The van der Waals surface area contributed by atoms with Crippen LogP contribution in [0.1, 0.15) is 56.8 Å². The van der Waals surface area contributed by atoms with Crippen LogP contribution in [0, 0.1) is 12.8 Å². The highest BCUT2D eigenvalue weighted by Crippen LogP contribution is 2.32. The molecule has 0 unspecified atom stereocenters. The number of methoxy groups -OCH3 is 1. The van der Waals surface area contributed by atoms with E-state index in [0.29, 0.717) is 23.7 Å². The van der Waals surface area contributed by atoms with Gasteiger partial charge in [0.2, 0.25) is 5.89 Å². The first-order chi connectivity index (χ1) is 11.2. The normalized spacial score (nSPS) is 32.5. The molecule has 1 saturated heterocycles. The van der Waals surface area contributed by atoms with E-state index >= 15 is 0 Å². The highest BCUT2D eigenvalue weighted by atomic mass is 16.5. The first-order valence-electron chi connectivity index (χ1n) is 8.86. The molecule has 1 aliphatic carbocycles. The van der Waals surface area contributed by atoms with E-state index < -0.39 is 0 Å². The number of hydrogen-bond donors (Lipinski definition) is 0. The van der Waals surface area contributed by atoms with Crippen molar-refractivity contribution in [3.05, 3.63) is 11.7 Å². The third kappa shape index (κ3) is 4.11. The predicted molar refractivity (Wildman–Crippen MR) is 86.1 cm³/mol. The van der Waals surface area contributed by atoms with Gasteiger partial charge in [0.05, 0.1) is 24.9 Å². The van der Waals surface area contributed by atoms with Gasteiger partial charge in [-0.15, -0.1) is 0 Å². The van der Waals surface area contributed by atoms with Gasteiger partial charge in [0.25, 0.3) is 0 Å². The van der Waals surface area contributed by atoms with Crippen molar-refractivity contribution in [3.8, 4) is 0 Å². The van der Waals surface area contributed by atoms with Crippen LogP contribution in [0.4, 0.5) is 0 Å². The fourth-order valence-electron chi connectivity index (χ4n) is 3.84. The molecule has 6 heteroatoms. The van der Waals surface area contributed by atoms with Crippen LogP contribution >= 0.6 is 0 Å². The van der Waals surface area contributed by atoms with Gasteiger partial charge >= 0.3 is 0 Å². The van der Waals surface area contributed by atoms with E-state index in [4.69, 9.17) is 14.0 Å². The average molecular weight is 323 g/mol. The molecule has 4 atom stereocenters. The number of hydrogen-bond acceptors (Lipinski definition) is 6. The van der Waals surface area contributed by atoms with Crippen LogP contribution in [0.2, 0.25) is 0 Å². The number of nitrogens with zero attached hydrogens (tertiary/aromatic N) is 3. The molecular weight excluding hydrogens is 294 g/mol. The van der Waals surface area contributed by atoms with Crippen molar-refractivity contribution in [1.82, 2.24) is 15.0 Å². The molecule has 1 saturated carbocycles. The van der Waals surface area contributed by atoms with Crippen molar-refractivity contribution in [2.75, 3.05) is 26.8 Å². The van der Waals surface area contributed by atoms with E-state index in [9.17, 15) is 0 Å². The Hall–Kier alpha value is -0.980. The van der Waals surface area contributed by atoms with Crippen molar-refractivity contribution >= 4 is 0 Å². The molecule has 23 heavy (non-hydrogen) atoms. The van der Waals surface area contributed by atoms with E-state index in [2.05, 4.69) is 22.0 Å². The van der Waals surface area contributed by atoms with E-state index in [-0.39, 0.29) is 12.1 Å². The van der Waals surface area contributed by atoms with Crippen molar-refractivity contribution in [1.29, 1.82) is 0 Å². The van der Waals surface area contributed by atoms with Crippen molar-refractivity contribution in [2.24, 2.45) is 5.92 Å². The minimum Gasteiger partial charge on any atom is -0.380 e. The molecule has 130 valence electrons. The van der Waals surface area contributed by atoms with E-state index in [1.54, 1.807) is 7.11 Å². The number of aromatic nitrogens is 2. The average Bonchev–Trinajstić information content (AvgIpc) is 3.15. The number of likely N-dealkylation sites (tertiary alicyclic amines) is 1. The van der Waals surface area contributed by atoms with Crippen LogP contribution in [0.3, 0.4) is 0 Å². The zero-order valence-corrected chi connectivity index (χ0v) is 14.5. The lowest BCUT2D eigenvalue weighted by Crippen LogP contribution is -2.32. The van der Waals surface area contributed by atoms with Gasteiger partial charge in [-0.3, -0.25) is 4.90 Å². The smallest absolute Gasteiger partial charge is 0.244 e. The summed E-state index contributed by atoms with van der Waals surface area (Å²) >= 11 is 0. The largest absolute Gasteiger partial charge is 0.380 e. The third-order valence-corrected chi connectivity index (χ3v) is 5.27. The second kappa shape index (κ2) is 7.73. The van der Waals surface area contributed by atoms with E-state index in [1.165, 1.54) is 25.7 Å².